The van der Waals surface area contributed by atoms with Gasteiger partial charge in [-0.05, 0) is 45.9 Å². The molecule has 114 valence electrons. The number of nitrogens with zero attached hydrogens (tertiary/aromatic N) is 1. The number of halogens is 1. The molecular formula is C15H18ClNO3S. The summed E-state index contributed by atoms with van der Waals surface area (Å²) in [6.45, 7) is 7.41. The summed E-state index contributed by atoms with van der Waals surface area (Å²) in [7, 11) is 0. The fourth-order valence-corrected chi connectivity index (χ4v) is 3.74. The van der Waals surface area contributed by atoms with Crippen LogP contribution in [0.4, 0.5) is 5.69 Å². The van der Waals surface area contributed by atoms with Crippen LogP contribution in [0, 0.1) is 0 Å². The van der Waals surface area contributed by atoms with Crippen molar-refractivity contribution in [3.63, 3.8) is 0 Å². The van der Waals surface area contributed by atoms with Gasteiger partial charge in [-0.1, -0.05) is 23.4 Å². The largest absolute Gasteiger partial charge is 0.465 e. The van der Waals surface area contributed by atoms with Crippen LogP contribution in [0.2, 0.25) is 5.02 Å². The van der Waals surface area contributed by atoms with E-state index in [1.807, 2.05) is 19.9 Å². The number of thioether (sulfide) groups is 1. The molecule has 0 aliphatic carbocycles. The second-order valence-electron chi connectivity index (χ2n) is 5.24. The van der Waals surface area contributed by atoms with E-state index in [4.69, 9.17) is 16.3 Å². The molecule has 0 fully saturated rings. The van der Waals surface area contributed by atoms with Crippen molar-refractivity contribution in [2.75, 3.05) is 11.5 Å². The minimum absolute atomic E-state index is 0.0629. The SMILES string of the molecule is CCOC(=O)C1(C)Sc2cc(Cl)ccc2N(C(C)C)C1=O. The lowest BCUT2D eigenvalue weighted by molar-refractivity contribution is -0.148. The molecule has 6 heteroatoms. The van der Waals surface area contributed by atoms with Gasteiger partial charge in [0.05, 0.1) is 12.3 Å². The lowest BCUT2D eigenvalue weighted by Gasteiger charge is -2.40. The molecule has 1 atom stereocenters. The van der Waals surface area contributed by atoms with Crippen molar-refractivity contribution in [1.82, 2.24) is 0 Å². The van der Waals surface area contributed by atoms with Crippen molar-refractivity contribution in [2.45, 2.75) is 43.4 Å². The fraction of sp³-hybridized carbons (Fsp3) is 0.467. The van der Waals surface area contributed by atoms with E-state index < -0.39 is 10.7 Å². The molecule has 0 saturated heterocycles. The van der Waals surface area contributed by atoms with Crippen molar-refractivity contribution in [2.24, 2.45) is 0 Å². The number of hydrogen-bond acceptors (Lipinski definition) is 4. The Morgan fingerprint density at radius 1 is 1.48 bits per heavy atom. The summed E-state index contributed by atoms with van der Waals surface area (Å²) in [5.41, 5.74) is 0.783. The quantitative estimate of drug-likeness (QED) is 0.629. The third-order valence-electron chi connectivity index (χ3n) is 3.30. The summed E-state index contributed by atoms with van der Waals surface area (Å²) in [4.78, 5) is 27.5. The van der Waals surface area contributed by atoms with Crippen LogP contribution in [-0.2, 0) is 14.3 Å². The van der Waals surface area contributed by atoms with Crippen LogP contribution < -0.4 is 4.90 Å². The second-order valence-corrected chi connectivity index (χ2v) is 7.13. The lowest BCUT2D eigenvalue weighted by Crippen LogP contribution is -2.55. The molecule has 1 amide bonds. The third kappa shape index (κ3) is 2.77. The molecule has 1 aliphatic rings. The summed E-state index contributed by atoms with van der Waals surface area (Å²) < 4.78 is 3.81. The van der Waals surface area contributed by atoms with E-state index in [1.165, 1.54) is 11.8 Å². The zero-order valence-electron chi connectivity index (χ0n) is 12.5. The fourth-order valence-electron chi connectivity index (χ4n) is 2.28. The molecule has 4 nitrogen and oxygen atoms in total. The number of benzene rings is 1. The van der Waals surface area contributed by atoms with E-state index in [1.54, 1.807) is 30.9 Å². The molecular weight excluding hydrogens is 310 g/mol. The Kier molecular flexibility index (Phi) is 4.54. The van der Waals surface area contributed by atoms with Crippen molar-refractivity contribution >= 4 is 40.9 Å². The topological polar surface area (TPSA) is 46.6 Å². The monoisotopic (exact) mass is 327 g/mol. The van der Waals surface area contributed by atoms with E-state index in [0.717, 1.165) is 10.6 Å². The summed E-state index contributed by atoms with van der Waals surface area (Å²) in [5.74, 6) is -0.771. The van der Waals surface area contributed by atoms with Gasteiger partial charge in [0.25, 0.3) is 5.91 Å². The molecule has 1 heterocycles. The first kappa shape index (κ1) is 16.2. The van der Waals surface area contributed by atoms with E-state index in [-0.39, 0.29) is 18.6 Å². The van der Waals surface area contributed by atoms with Crippen molar-refractivity contribution in [1.29, 1.82) is 0 Å². The van der Waals surface area contributed by atoms with Gasteiger partial charge in [-0.3, -0.25) is 4.79 Å². The minimum atomic E-state index is -1.28. The van der Waals surface area contributed by atoms with E-state index >= 15 is 0 Å². The van der Waals surface area contributed by atoms with Gasteiger partial charge in [0, 0.05) is 16.0 Å². The highest BCUT2D eigenvalue weighted by Crippen LogP contribution is 2.47. The van der Waals surface area contributed by atoms with Gasteiger partial charge in [-0.15, -0.1) is 0 Å². The standard InChI is InChI=1S/C15H18ClNO3S/c1-5-20-14(19)15(4)13(18)17(9(2)3)11-7-6-10(16)8-12(11)21-15/h6-9H,5H2,1-4H3. The molecule has 1 unspecified atom stereocenters. The van der Waals surface area contributed by atoms with Crippen LogP contribution in [-0.4, -0.2) is 29.3 Å². The predicted octanol–water partition coefficient (Wildman–Crippen LogP) is 3.51. The molecule has 0 saturated carbocycles. The first-order valence-corrected chi connectivity index (χ1v) is 8.00. The average Bonchev–Trinajstić information content (AvgIpc) is 2.40. The van der Waals surface area contributed by atoms with Crippen LogP contribution >= 0.6 is 23.4 Å². The number of hydrogen-bond donors (Lipinski definition) is 0. The van der Waals surface area contributed by atoms with Gasteiger partial charge in [0.2, 0.25) is 0 Å². The highest BCUT2D eigenvalue weighted by molar-refractivity contribution is 8.02. The molecule has 2 rings (SSSR count). The maximum Gasteiger partial charge on any atom is 0.332 e. The summed E-state index contributed by atoms with van der Waals surface area (Å²) in [6.07, 6.45) is 0. The lowest BCUT2D eigenvalue weighted by atomic mass is 10.1. The molecule has 0 radical (unpaired) electrons. The molecule has 1 aromatic carbocycles. The molecule has 21 heavy (non-hydrogen) atoms. The van der Waals surface area contributed by atoms with E-state index in [9.17, 15) is 9.59 Å². The maximum absolute atomic E-state index is 12.8. The van der Waals surface area contributed by atoms with E-state index in [0.29, 0.717) is 5.02 Å². The van der Waals surface area contributed by atoms with Gasteiger partial charge >= 0.3 is 5.97 Å². The number of carbonyl (C=O) groups excluding carboxylic acids is 2. The Hall–Kier alpha value is -1.20. The highest BCUT2D eigenvalue weighted by Gasteiger charge is 2.51. The summed E-state index contributed by atoms with van der Waals surface area (Å²) in [6, 6.07) is 5.28. The smallest absolute Gasteiger partial charge is 0.332 e. The van der Waals surface area contributed by atoms with Crippen LogP contribution in [0.3, 0.4) is 0 Å². The first-order chi connectivity index (χ1) is 9.81. The molecule has 0 aromatic heterocycles. The van der Waals surface area contributed by atoms with Gasteiger partial charge in [0.15, 0.2) is 4.75 Å². The van der Waals surface area contributed by atoms with Crippen molar-refractivity contribution in [3.8, 4) is 0 Å². The molecule has 0 N–H and O–H groups in total. The summed E-state index contributed by atoms with van der Waals surface area (Å²) >= 11 is 7.24. The summed E-state index contributed by atoms with van der Waals surface area (Å²) in [5, 5.41) is 0.575. The van der Waals surface area contributed by atoms with Crippen LogP contribution in [0.25, 0.3) is 0 Å². The van der Waals surface area contributed by atoms with Crippen molar-refractivity contribution in [3.05, 3.63) is 23.2 Å². The number of anilines is 1. The Balaban J connectivity index is 2.55. The van der Waals surface area contributed by atoms with Crippen LogP contribution in [0.5, 0.6) is 0 Å². The Morgan fingerprint density at radius 2 is 2.14 bits per heavy atom. The van der Waals surface area contributed by atoms with E-state index in [2.05, 4.69) is 0 Å². The van der Waals surface area contributed by atoms with Gasteiger partial charge in [-0.2, -0.15) is 0 Å². The number of ether oxygens (including phenoxy) is 1. The number of rotatable bonds is 3. The highest BCUT2D eigenvalue weighted by atomic mass is 35.5. The van der Waals surface area contributed by atoms with Crippen LogP contribution in [0.15, 0.2) is 23.1 Å². The maximum atomic E-state index is 12.8. The molecule has 0 bridgehead atoms. The minimum Gasteiger partial charge on any atom is -0.465 e. The zero-order valence-corrected chi connectivity index (χ0v) is 14.0. The number of esters is 1. The Labute approximate surface area is 133 Å². The second kappa shape index (κ2) is 5.89. The van der Waals surface area contributed by atoms with Gasteiger partial charge in [0.1, 0.15) is 0 Å². The Morgan fingerprint density at radius 3 is 2.71 bits per heavy atom. The average molecular weight is 328 g/mol. The molecule has 1 aliphatic heterocycles. The zero-order chi connectivity index (χ0) is 15.8. The molecule has 1 aromatic rings. The van der Waals surface area contributed by atoms with Crippen LogP contribution in [0.1, 0.15) is 27.7 Å². The predicted molar refractivity (Wildman–Crippen MR) is 85.0 cm³/mol. The number of fused-ring (bicyclic) bond motifs is 1. The third-order valence-corrected chi connectivity index (χ3v) is 4.84. The van der Waals surface area contributed by atoms with Gasteiger partial charge in [-0.25, -0.2) is 4.79 Å². The number of carbonyl (C=O) groups is 2. The van der Waals surface area contributed by atoms with Crippen molar-refractivity contribution < 1.29 is 14.3 Å². The van der Waals surface area contributed by atoms with Gasteiger partial charge < -0.3 is 9.64 Å². The first-order valence-electron chi connectivity index (χ1n) is 6.80. The Bertz CT molecular complexity index is 590. The normalized spacial score (nSPS) is 21.4. The molecule has 0 spiro atoms. The number of amides is 1.